The van der Waals surface area contributed by atoms with Crippen LogP contribution < -0.4 is 20.1 Å². The van der Waals surface area contributed by atoms with E-state index in [0.29, 0.717) is 17.2 Å². The van der Waals surface area contributed by atoms with Gasteiger partial charge >= 0.3 is 0 Å². The van der Waals surface area contributed by atoms with Crippen molar-refractivity contribution >= 4 is 17.3 Å². The van der Waals surface area contributed by atoms with Crippen LogP contribution in [-0.2, 0) is 4.79 Å². The molecule has 0 aliphatic rings. The van der Waals surface area contributed by atoms with Crippen LogP contribution in [0.15, 0.2) is 42.5 Å². The molecule has 116 valence electrons. The lowest BCUT2D eigenvalue weighted by Gasteiger charge is -2.12. The molecule has 0 saturated heterocycles. The van der Waals surface area contributed by atoms with Crippen LogP contribution in [0.5, 0.6) is 11.5 Å². The zero-order valence-corrected chi connectivity index (χ0v) is 12.4. The van der Waals surface area contributed by atoms with Gasteiger partial charge in [0.1, 0.15) is 17.3 Å². The van der Waals surface area contributed by atoms with Gasteiger partial charge in [-0.25, -0.2) is 4.39 Å². The Morgan fingerprint density at radius 1 is 1.09 bits per heavy atom. The maximum absolute atomic E-state index is 13.4. The molecule has 0 aromatic heterocycles. The lowest BCUT2D eigenvalue weighted by Crippen LogP contribution is -2.22. The van der Waals surface area contributed by atoms with Gasteiger partial charge < -0.3 is 20.1 Å². The highest BCUT2D eigenvalue weighted by atomic mass is 19.1. The molecule has 6 heteroatoms. The summed E-state index contributed by atoms with van der Waals surface area (Å²) in [6.07, 6.45) is 0. The van der Waals surface area contributed by atoms with Crippen molar-refractivity contribution in [3.8, 4) is 11.5 Å². The Labute approximate surface area is 128 Å². The third kappa shape index (κ3) is 3.88. The number of carbonyl (C=O) groups excluding carboxylic acids is 1. The fourth-order valence-corrected chi connectivity index (χ4v) is 1.88. The third-order valence-corrected chi connectivity index (χ3v) is 3.00. The lowest BCUT2D eigenvalue weighted by atomic mass is 10.2. The van der Waals surface area contributed by atoms with Crippen LogP contribution >= 0.6 is 0 Å². The number of nitrogens with one attached hydrogen (secondary N) is 2. The zero-order valence-electron chi connectivity index (χ0n) is 12.4. The van der Waals surface area contributed by atoms with Gasteiger partial charge in [0.25, 0.3) is 0 Å². The van der Waals surface area contributed by atoms with Crippen LogP contribution in [0.2, 0.25) is 0 Å². The van der Waals surface area contributed by atoms with Crippen LogP contribution in [0.1, 0.15) is 0 Å². The highest BCUT2D eigenvalue weighted by molar-refractivity contribution is 5.94. The molecule has 0 saturated carbocycles. The molecule has 0 atom stereocenters. The van der Waals surface area contributed by atoms with Crippen molar-refractivity contribution < 1.29 is 18.7 Å². The van der Waals surface area contributed by atoms with Crippen molar-refractivity contribution in [1.29, 1.82) is 0 Å². The van der Waals surface area contributed by atoms with E-state index >= 15 is 0 Å². The van der Waals surface area contributed by atoms with Crippen LogP contribution in [0.25, 0.3) is 0 Å². The van der Waals surface area contributed by atoms with Crippen LogP contribution in [0.3, 0.4) is 0 Å². The minimum absolute atomic E-state index is 0.0168. The Hall–Kier alpha value is -2.76. The standard InChI is InChI=1S/C16H17FN2O3/c1-21-11-7-8-14(15(9-11)22-2)18-10-16(20)19-13-6-4-3-5-12(13)17/h3-9,18H,10H2,1-2H3,(H,19,20). The molecule has 0 fully saturated rings. The molecule has 1 amide bonds. The van der Waals surface area contributed by atoms with Gasteiger partial charge in [-0.3, -0.25) is 4.79 Å². The molecular weight excluding hydrogens is 287 g/mol. The van der Waals surface area contributed by atoms with Crippen molar-refractivity contribution in [3.63, 3.8) is 0 Å². The molecule has 22 heavy (non-hydrogen) atoms. The second-order valence-corrected chi connectivity index (χ2v) is 4.45. The van der Waals surface area contributed by atoms with E-state index in [-0.39, 0.29) is 18.1 Å². The number of para-hydroxylation sites is 1. The Kier molecular flexibility index (Phi) is 5.19. The lowest BCUT2D eigenvalue weighted by molar-refractivity contribution is -0.114. The summed E-state index contributed by atoms with van der Waals surface area (Å²) in [6, 6.07) is 11.2. The first-order chi connectivity index (χ1) is 10.6. The molecule has 2 aromatic carbocycles. The minimum Gasteiger partial charge on any atom is -0.497 e. The predicted molar refractivity (Wildman–Crippen MR) is 83.1 cm³/mol. The Morgan fingerprint density at radius 3 is 2.55 bits per heavy atom. The fourth-order valence-electron chi connectivity index (χ4n) is 1.88. The number of ether oxygens (including phenoxy) is 2. The van der Waals surface area contributed by atoms with E-state index in [4.69, 9.17) is 9.47 Å². The van der Waals surface area contributed by atoms with Crippen LogP contribution in [0.4, 0.5) is 15.8 Å². The first-order valence-electron chi connectivity index (χ1n) is 6.64. The topological polar surface area (TPSA) is 59.6 Å². The quantitative estimate of drug-likeness (QED) is 0.861. The Balaban J connectivity index is 1.98. The molecule has 0 aliphatic heterocycles. The fraction of sp³-hybridized carbons (Fsp3) is 0.188. The number of halogens is 1. The Bertz CT molecular complexity index is 662. The van der Waals surface area contributed by atoms with Gasteiger partial charge in [0.05, 0.1) is 32.1 Å². The van der Waals surface area contributed by atoms with Gasteiger partial charge in [-0.2, -0.15) is 0 Å². The van der Waals surface area contributed by atoms with Gasteiger partial charge in [0, 0.05) is 6.07 Å². The second-order valence-electron chi connectivity index (χ2n) is 4.45. The summed E-state index contributed by atoms with van der Waals surface area (Å²) in [6.45, 7) is -0.0168. The summed E-state index contributed by atoms with van der Waals surface area (Å²) >= 11 is 0. The normalized spacial score (nSPS) is 9.95. The molecular formula is C16H17FN2O3. The zero-order chi connectivity index (χ0) is 15.9. The first-order valence-corrected chi connectivity index (χ1v) is 6.64. The molecule has 0 unspecified atom stereocenters. The monoisotopic (exact) mass is 304 g/mol. The molecule has 0 spiro atoms. The number of benzene rings is 2. The smallest absolute Gasteiger partial charge is 0.243 e. The maximum atomic E-state index is 13.4. The van der Waals surface area contributed by atoms with E-state index in [1.54, 1.807) is 37.4 Å². The third-order valence-electron chi connectivity index (χ3n) is 3.00. The minimum atomic E-state index is -0.474. The van der Waals surface area contributed by atoms with Crippen molar-refractivity contribution in [1.82, 2.24) is 0 Å². The largest absolute Gasteiger partial charge is 0.497 e. The number of hydrogen-bond donors (Lipinski definition) is 2. The molecule has 0 bridgehead atoms. The van der Waals surface area contributed by atoms with E-state index in [9.17, 15) is 9.18 Å². The first kappa shape index (κ1) is 15.6. The number of rotatable bonds is 6. The summed E-state index contributed by atoms with van der Waals surface area (Å²) in [5, 5.41) is 5.44. The average Bonchev–Trinajstić information content (AvgIpc) is 2.55. The predicted octanol–water partition coefficient (Wildman–Crippen LogP) is 2.89. The summed E-state index contributed by atoms with van der Waals surface area (Å²) < 4.78 is 23.8. The summed E-state index contributed by atoms with van der Waals surface area (Å²) in [4.78, 5) is 11.9. The van der Waals surface area contributed by atoms with Crippen molar-refractivity contribution in [2.45, 2.75) is 0 Å². The summed E-state index contributed by atoms with van der Waals surface area (Å²) in [5.74, 6) is 0.372. The van der Waals surface area contributed by atoms with Gasteiger partial charge in [-0.05, 0) is 24.3 Å². The molecule has 0 radical (unpaired) electrons. The number of amides is 1. The summed E-state index contributed by atoms with van der Waals surface area (Å²) in [7, 11) is 3.09. The SMILES string of the molecule is COc1ccc(NCC(=O)Nc2ccccc2F)c(OC)c1. The number of methoxy groups -OCH3 is 2. The molecule has 0 aliphatic carbocycles. The number of anilines is 2. The van der Waals surface area contributed by atoms with Crippen LogP contribution in [0, 0.1) is 5.82 Å². The van der Waals surface area contributed by atoms with Gasteiger partial charge in [-0.15, -0.1) is 0 Å². The number of hydrogen-bond acceptors (Lipinski definition) is 4. The van der Waals surface area contributed by atoms with E-state index in [1.165, 1.54) is 19.2 Å². The van der Waals surface area contributed by atoms with Crippen molar-refractivity contribution in [3.05, 3.63) is 48.3 Å². The van der Waals surface area contributed by atoms with Crippen molar-refractivity contribution in [2.24, 2.45) is 0 Å². The van der Waals surface area contributed by atoms with Gasteiger partial charge in [0.15, 0.2) is 0 Å². The average molecular weight is 304 g/mol. The Morgan fingerprint density at radius 2 is 1.86 bits per heavy atom. The maximum Gasteiger partial charge on any atom is 0.243 e. The summed E-state index contributed by atoms with van der Waals surface area (Å²) in [5.41, 5.74) is 0.794. The van der Waals surface area contributed by atoms with Crippen LogP contribution in [-0.4, -0.2) is 26.7 Å². The molecule has 5 nitrogen and oxygen atoms in total. The van der Waals surface area contributed by atoms with E-state index in [2.05, 4.69) is 10.6 Å². The highest BCUT2D eigenvalue weighted by Gasteiger charge is 2.09. The van der Waals surface area contributed by atoms with E-state index in [1.807, 2.05) is 0 Å². The molecule has 2 rings (SSSR count). The molecule has 2 aromatic rings. The molecule has 0 heterocycles. The molecule has 2 N–H and O–H groups in total. The van der Waals surface area contributed by atoms with E-state index in [0.717, 1.165) is 0 Å². The van der Waals surface area contributed by atoms with E-state index < -0.39 is 5.82 Å². The second kappa shape index (κ2) is 7.31. The van der Waals surface area contributed by atoms with Gasteiger partial charge in [-0.1, -0.05) is 12.1 Å². The number of carbonyl (C=O) groups is 1. The highest BCUT2D eigenvalue weighted by Crippen LogP contribution is 2.28. The van der Waals surface area contributed by atoms with Crippen molar-refractivity contribution in [2.75, 3.05) is 31.4 Å². The van der Waals surface area contributed by atoms with Gasteiger partial charge in [0.2, 0.25) is 5.91 Å².